The van der Waals surface area contributed by atoms with E-state index >= 15 is 0 Å². The maximum atomic E-state index is 12.0. The van der Waals surface area contributed by atoms with E-state index in [4.69, 9.17) is 0 Å². The van der Waals surface area contributed by atoms with E-state index in [1.54, 1.807) is 30.3 Å². The van der Waals surface area contributed by atoms with Crippen LogP contribution in [0.2, 0.25) is 0 Å². The first-order chi connectivity index (χ1) is 11.4. The average Bonchev–Trinajstić information content (AvgIpc) is 2.49. The highest BCUT2D eigenvalue weighted by Gasteiger charge is 2.11. The van der Waals surface area contributed by atoms with Gasteiger partial charge in [-0.3, -0.25) is 14.4 Å². The molecule has 6 heteroatoms. The average molecular weight is 325 g/mol. The molecule has 3 amide bonds. The highest BCUT2D eigenvalue weighted by atomic mass is 16.2. The largest absolute Gasteiger partial charge is 0.326 e. The Bertz CT molecular complexity index is 772. The van der Waals surface area contributed by atoms with Crippen molar-refractivity contribution in [2.75, 3.05) is 16.0 Å². The van der Waals surface area contributed by atoms with E-state index in [2.05, 4.69) is 16.0 Å². The summed E-state index contributed by atoms with van der Waals surface area (Å²) in [5.41, 5.74) is 2.69. The quantitative estimate of drug-likeness (QED) is 0.739. The molecule has 0 radical (unpaired) electrons. The van der Waals surface area contributed by atoms with E-state index in [9.17, 15) is 14.4 Å². The van der Waals surface area contributed by atoms with E-state index in [1.165, 1.54) is 6.92 Å². The van der Waals surface area contributed by atoms with Gasteiger partial charge in [-0.25, -0.2) is 0 Å². The van der Waals surface area contributed by atoms with Crippen molar-refractivity contribution in [2.24, 2.45) is 0 Å². The molecule has 0 bridgehead atoms. The molecule has 0 saturated carbocycles. The number of amides is 3. The third-order valence-electron chi connectivity index (χ3n) is 3.21. The molecule has 0 spiro atoms. The lowest BCUT2D eigenvalue weighted by Crippen LogP contribution is -2.21. The van der Waals surface area contributed by atoms with Crippen molar-refractivity contribution in [3.05, 3.63) is 54.1 Å². The zero-order valence-corrected chi connectivity index (χ0v) is 13.6. The van der Waals surface area contributed by atoms with Crippen molar-refractivity contribution in [3.63, 3.8) is 0 Å². The first kappa shape index (κ1) is 17.2. The van der Waals surface area contributed by atoms with Gasteiger partial charge in [-0.2, -0.15) is 0 Å². The van der Waals surface area contributed by atoms with Crippen LogP contribution in [0.15, 0.2) is 48.5 Å². The van der Waals surface area contributed by atoms with Crippen LogP contribution in [-0.4, -0.2) is 17.7 Å². The second-order valence-corrected chi connectivity index (χ2v) is 5.35. The number of carbonyl (C=O) groups is 3. The number of hydrogen-bond donors (Lipinski definition) is 3. The lowest BCUT2D eigenvalue weighted by atomic mass is 10.2. The van der Waals surface area contributed by atoms with Gasteiger partial charge >= 0.3 is 0 Å². The second kappa shape index (κ2) is 7.92. The molecule has 6 nitrogen and oxygen atoms in total. The molecular weight excluding hydrogens is 306 g/mol. The molecule has 24 heavy (non-hydrogen) atoms. The molecule has 0 atom stereocenters. The van der Waals surface area contributed by atoms with Gasteiger partial charge in [-0.15, -0.1) is 0 Å². The molecule has 0 aliphatic carbocycles. The van der Waals surface area contributed by atoms with Crippen LogP contribution in [0.3, 0.4) is 0 Å². The van der Waals surface area contributed by atoms with Gasteiger partial charge in [-0.1, -0.05) is 24.3 Å². The number of para-hydroxylation sites is 1. The number of nitrogens with one attached hydrogen (secondary N) is 3. The molecule has 3 N–H and O–H groups in total. The zero-order valence-electron chi connectivity index (χ0n) is 13.6. The number of anilines is 3. The molecule has 0 unspecified atom stereocenters. The standard InChI is InChI=1S/C18H19N3O3/c1-12-6-3-4-9-16(12)21-18(24)11-17(23)20-15-8-5-7-14(10-15)19-13(2)22/h3-10H,11H2,1-2H3,(H,19,22)(H,20,23)(H,21,24). The van der Waals surface area contributed by atoms with E-state index in [0.29, 0.717) is 17.1 Å². The summed E-state index contributed by atoms with van der Waals surface area (Å²) in [6.07, 6.45) is -0.293. The zero-order chi connectivity index (χ0) is 17.5. The van der Waals surface area contributed by atoms with E-state index < -0.39 is 5.91 Å². The van der Waals surface area contributed by atoms with Crippen LogP contribution >= 0.6 is 0 Å². The third-order valence-corrected chi connectivity index (χ3v) is 3.21. The van der Waals surface area contributed by atoms with Gasteiger partial charge in [0.15, 0.2) is 0 Å². The van der Waals surface area contributed by atoms with Crippen LogP contribution in [0, 0.1) is 6.92 Å². The first-order valence-corrected chi connectivity index (χ1v) is 7.47. The fourth-order valence-corrected chi connectivity index (χ4v) is 2.14. The Morgan fingerprint density at radius 3 is 2.12 bits per heavy atom. The van der Waals surface area contributed by atoms with Crippen LogP contribution in [-0.2, 0) is 14.4 Å². The van der Waals surface area contributed by atoms with E-state index in [-0.39, 0.29) is 18.2 Å². The van der Waals surface area contributed by atoms with Gasteiger partial charge < -0.3 is 16.0 Å². The molecule has 0 aromatic heterocycles. The fourth-order valence-electron chi connectivity index (χ4n) is 2.14. The topological polar surface area (TPSA) is 87.3 Å². The van der Waals surface area contributed by atoms with Crippen LogP contribution in [0.4, 0.5) is 17.1 Å². The summed E-state index contributed by atoms with van der Waals surface area (Å²) in [7, 11) is 0. The third kappa shape index (κ3) is 5.24. The Morgan fingerprint density at radius 2 is 1.46 bits per heavy atom. The minimum atomic E-state index is -0.430. The second-order valence-electron chi connectivity index (χ2n) is 5.35. The van der Waals surface area contributed by atoms with Crippen LogP contribution in [0.25, 0.3) is 0 Å². The lowest BCUT2D eigenvalue weighted by Gasteiger charge is -2.09. The summed E-state index contributed by atoms with van der Waals surface area (Å²) in [6, 6.07) is 14.1. The Hall–Kier alpha value is -3.15. The molecule has 124 valence electrons. The summed E-state index contributed by atoms with van der Waals surface area (Å²) in [5, 5.41) is 7.97. The minimum absolute atomic E-state index is 0.198. The van der Waals surface area contributed by atoms with Crippen molar-refractivity contribution >= 4 is 34.8 Å². The number of hydrogen-bond acceptors (Lipinski definition) is 3. The predicted molar refractivity (Wildman–Crippen MR) is 93.8 cm³/mol. The summed E-state index contributed by atoms with van der Waals surface area (Å²) >= 11 is 0. The highest BCUT2D eigenvalue weighted by molar-refractivity contribution is 6.08. The molecule has 0 saturated heterocycles. The summed E-state index contributed by atoms with van der Waals surface area (Å²) in [4.78, 5) is 35.0. The highest BCUT2D eigenvalue weighted by Crippen LogP contribution is 2.16. The van der Waals surface area contributed by atoms with Crippen molar-refractivity contribution < 1.29 is 14.4 Å². The first-order valence-electron chi connectivity index (χ1n) is 7.47. The van der Waals surface area contributed by atoms with Gasteiger partial charge in [0, 0.05) is 24.0 Å². The number of aryl methyl sites for hydroxylation is 1. The van der Waals surface area contributed by atoms with Crippen molar-refractivity contribution in [2.45, 2.75) is 20.3 Å². The number of rotatable bonds is 5. The van der Waals surface area contributed by atoms with Crippen molar-refractivity contribution in [3.8, 4) is 0 Å². The fraction of sp³-hybridized carbons (Fsp3) is 0.167. The van der Waals surface area contributed by atoms with Gasteiger partial charge in [0.2, 0.25) is 17.7 Å². The Kier molecular flexibility index (Phi) is 5.68. The van der Waals surface area contributed by atoms with Gasteiger partial charge in [0.05, 0.1) is 0 Å². The SMILES string of the molecule is CC(=O)Nc1cccc(NC(=O)CC(=O)Nc2ccccc2C)c1. The normalized spacial score (nSPS) is 9.92. The molecule has 2 aromatic rings. The molecule has 0 heterocycles. The summed E-state index contributed by atoms with van der Waals surface area (Å²) < 4.78 is 0. The van der Waals surface area contributed by atoms with Crippen molar-refractivity contribution in [1.29, 1.82) is 0 Å². The summed E-state index contributed by atoms with van der Waals surface area (Å²) in [6.45, 7) is 3.28. The van der Waals surface area contributed by atoms with Crippen molar-refractivity contribution in [1.82, 2.24) is 0 Å². The summed E-state index contributed by atoms with van der Waals surface area (Å²) in [5.74, 6) is -1.02. The molecular formula is C18H19N3O3. The number of benzene rings is 2. The predicted octanol–water partition coefficient (Wildman–Crippen LogP) is 2.92. The van der Waals surface area contributed by atoms with E-state index in [0.717, 1.165) is 5.56 Å². The van der Waals surface area contributed by atoms with Gasteiger partial charge in [-0.05, 0) is 36.8 Å². The smallest absolute Gasteiger partial charge is 0.233 e. The Labute approximate surface area is 140 Å². The molecule has 2 aromatic carbocycles. The molecule has 2 rings (SSSR count). The van der Waals surface area contributed by atoms with Crippen LogP contribution in [0.5, 0.6) is 0 Å². The molecule has 0 fully saturated rings. The lowest BCUT2D eigenvalue weighted by molar-refractivity contribution is -0.123. The number of carbonyl (C=O) groups excluding carboxylic acids is 3. The minimum Gasteiger partial charge on any atom is -0.326 e. The van der Waals surface area contributed by atoms with Gasteiger partial charge in [0.25, 0.3) is 0 Å². The van der Waals surface area contributed by atoms with Crippen LogP contribution < -0.4 is 16.0 Å². The molecule has 0 aliphatic heterocycles. The Balaban J connectivity index is 1.92. The van der Waals surface area contributed by atoms with E-state index in [1.807, 2.05) is 25.1 Å². The van der Waals surface area contributed by atoms with Gasteiger partial charge in [0.1, 0.15) is 6.42 Å². The Morgan fingerprint density at radius 1 is 0.833 bits per heavy atom. The van der Waals surface area contributed by atoms with Crippen LogP contribution in [0.1, 0.15) is 18.9 Å². The molecule has 0 aliphatic rings. The maximum absolute atomic E-state index is 12.0. The monoisotopic (exact) mass is 325 g/mol. The maximum Gasteiger partial charge on any atom is 0.233 e.